The maximum atomic E-state index is 13.5. The molecule has 2 heterocycles. The van der Waals surface area contributed by atoms with Crippen LogP contribution >= 0.6 is 0 Å². The predicted octanol–water partition coefficient (Wildman–Crippen LogP) is 4.53. The molecular weight excluding hydrogens is 442 g/mol. The third-order valence-corrected chi connectivity index (χ3v) is 6.18. The minimum atomic E-state index is -0.391. The average Bonchev–Trinajstić information content (AvgIpc) is 3.34. The summed E-state index contributed by atoms with van der Waals surface area (Å²) in [6.45, 7) is -0.114. The topological polar surface area (TPSA) is 84.0 Å². The summed E-state index contributed by atoms with van der Waals surface area (Å²) < 4.78 is 10.5. The van der Waals surface area contributed by atoms with E-state index in [1.807, 2.05) is 78.9 Å². The zero-order chi connectivity index (χ0) is 24.4. The van der Waals surface area contributed by atoms with Crippen LogP contribution < -0.4 is 10.3 Å². The number of rotatable bonds is 6. The summed E-state index contributed by atoms with van der Waals surface area (Å²) in [7, 11) is 3.07. The molecular formula is C28H25N3O4. The van der Waals surface area contributed by atoms with Crippen LogP contribution in [0.3, 0.4) is 0 Å². The summed E-state index contributed by atoms with van der Waals surface area (Å²) in [4.78, 5) is 29.5. The van der Waals surface area contributed by atoms with Crippen LogP contribution in [0.25, 0.3) is 22.0 Å². The molecule has 3 aromatic carbocycles. The molecule has 1 amide bonds. The highest BCUT2D eigenvalue weighted by atomic mass is 16.5. The zero-order valence-corrected chi connectivity index (χ0v) is 19.5. The minimum absolute atomic E-state index is 0.114. The van der Waals surface area contributed by atoms with Gasteiger partial charge in [0.05, 0.1) is 24.4 Å². The van der Waals surface area contributed by atoms with Gasteiger partial charge in [0.1, 0.15) is 12.4 Å². The first kappa shape index (κ1) is 22.6. The lowest BCUT2D eigenvalue weighted by Gasteiger charge is -2.22. The summed E-state index contributed by atoms with van der Waals surface area (Å²) in [6.07, 6.45) is 0.379. The Kier molecular flexibility index (Phi) is 6.16. The van der Waals surface area contributed by atoms with Crippen LogP contribution in [0.1, 0.15) is 23.6 Å². The van der Waals surface area contributed by atoms with Gasteiger partial charge >= 0.3 is 0 Å². The number of carbonyl (C=O) groups excluding carboxylic acids is 1. The van der Waals surface area contributed by atoms with E-state index in [2.05, 4.69) is 4.98 Å². The Labute approximate surface area is 202 Å². The Morgan fingerprint density at radius 1 is 1.00 bits per heavy atom. The van der Waals surface area contributed by atoms with Gasteiger partial charge in [0.15, 0.2) is 0 Å². The molecule has 1 atom stereocenters. The average molecular weight is 468 g/mol. The Balaban J connectivity index is 1.70. The van der Waals surface area contributed by atoms with Gasteiger partial charge in [-0.15, -0.1) is 0 Å². The van der Waals surface area contributed by atoms with E-state index in [1.165, 1.54) is 12.1 Å². The summed E-state index contributed by atoms with van der Waals surface area (Å²) in [5.41, 5.74) is 4.10. The number of fused-ring (bicyclic) bond motifs is 1. The van der Waals surface area contributed by atoms with Crippen LogP contribution in [0, 0.1) is 0 Å². The van der Waals surface area contributed by atoms with Crippen molar-refractivity contribution in [2.75, 3.05) is 20.8 Å². The van der Waals surface area contributed by atoms with Crippen LogP contribution in [0.5, 0.6) is 5.75 Å². The molecule has 1 aromatic heterocycles. The number of hydrazone groups is 1. The molecule has 0 saturated carbocycles. The van der Waals surface area contributed by atoms with Gasteiger partial charge in [-0.25, -0.2) is 5.01 Å². The second-order valence-electron chi connectivity index (χ2n) is 8.33. The number of H-pyrrole nitrogens is 1. The number of para-hydroxylation sites is 1. The van der Waals surface area contributed by atoms with Gasteiger partial charge in [0, 0.05) is 30.0 Å². The number of methoxy groups -OCH3 is 2. The van der Waals surface area contributed by atoms with Crippen LogP contribution in [0.2, 0.25) is 0 Å². The van der Waals surface area contributed by atoms with E-state index < -0.39 is 6.04 Å². The lowest BCUT2D eigenvalue weighted by Crippen LogP contribution is -2.30. The zero-order valence-electron chi connectivity index (χ0n) is 19.5. The van der Waals surface area contributed by atoms with E-state index in [4.69, 9.17) is 14.6 Å². The van der Waals surface area contributed by atoms with Crippen molar-refractivity contribution in [1.82, 2.24) is 9.99 Å². The lowest BCUT2D eigenvalue weighted by atomic mass is 9.91. The molecule has 1 N–H and O–H groups in total. The maximum Gasteiger partial charge on any atom is 0.269 e. The van der Waals surface area contributed by atoms with Crippen LogP contribution in [0.4, 0.5) is 0 Å². The number of benzene rings is 3. The van der Waals surface area contributed by atoms with Gasteiger partial charge in [0.25, 0.3) is 11.5 Å². The van der Waals surface area contributed by atoms with Crippen molar-refractivity contribution >= 4 is 22.5 Å². The van der Waals surface area contributed by atoms with Crippen molar-refractivity contribution in [2.24, 2.45) is 5.10 Å². The Hall–Kier alpha value is -4.23. The second-order valence-corrected chi connectivity index (χ2v) is 8.33. The SMILES string of the molecule is COCC(=O)N1N=C(c2c(-c3ccccc3)c3ccccc3[nH]c2=O)C[C@H]1c1cccc(OC)c1. The lowest BCUT2D eigenvalue weighted by molar-refractivity contribution is -0.137. The number of nitrogens with one attached hydrogen (secondary N) is 1. The monoisotopic (exact) mass is 467 g/mol. The smallest absolute Gasteiger partial charge is 0.269 e. The third kappa shape index (κ3) is 4.22. The molecule has 7 heteroatoms. The summed E-state index contributed by atoms with van der Waals surface area (Å²) in [5.74, 6) is 0.400. The molecule has 176 valence electrons. The largest absolute Gasteiger partial charge is 0.497 e. The first-order valence-corrected chi connectivity index (χ1v) is 11.3. The Morgan fingerprint density at radius 2 is 1.77 bits per heavy atom. The highest BCUT2D eigenvalue weighted by Gasteiger charge is 2.35. The predicted molar refractivity (Wildman–Crippen MR) is 136 cm³/mol. The van der Waals surface area contributed by atoms with E-state index in [0.717, 1.165) is 27.6 Å². The van der Waals surface area contributed by atoms with Crippen LogP contribution in [-0.2, 0) is 9.53 Å². The Bertz CT molecular complexity index is 1480. The highest BCUT2D eigenvalue weighted by molar-refractivity contribution is 6.12. The Morgan fingerprint density at radius 3 is 2.54 bits per heavy atom. The molecule has 0 unspecified atom stereocenters. The summed E-state index contributed by atoms with van der Waals surface area (Å²) in [6, 6.07) is 24.7. The van der Waals surface area contributed by atoms with Gasteiger partial charge in [-0.2, -0.15) is 5.10 Å². The molecule has 35 heavy (non-hydrogen) atoms. The number of aromatic nitrogens is 1. The number of amides is 1. The molecule has 0 fully saturated rings. The fraction of sp³-hybridized carbons (Fsp3) is 0.179. The van der Waals surface area contributed by atoms with Gasteiger partial charge in [-0.1, -0.05) is 60.7 Å². The second kappa shape index (κ2) is 9.56. The van der Waals surface area contributed by atoms with Crippen molar-refractivity contribution in [3.63, 3.8) is 0 Å². The van der Waals surface area contributed by atoms with Crippen molar-refractivity contribution in [1.29, 1.82) is 0 Å². The molecule has 0 radical (unpaired) electrons. The van der Waals surface area contributed by atoms with Crippen LogP contribution in [-0.4, -0.2) is 42.4 Å². The van der Waals surface area contributed by atoms with E-state index in [0.29, 0.717) is 23.4 Å². The molecule has 1 aliphatic heterocycles. The molecule has 0 bridgehead atoms. The molecule has 0 aliphatic carbocycles. The fourth-order valence-corrected chi connectivity index (χ4v) is 4.61. The summed E-state index contributed by atoms with van der Waals surface area (Å²) in [5, 5.41) is 7.04. The molecule has 0 saturated heterocycles. The number of aromatic amines is 1. The van der Waals surface area contributed by atoms with E-state index in [1.54, 1.807) is 7.11 Å². The van der Waals surface area contributed by atoms with E-state index in [9.17, 15) is 9.59 Å². The first-order valence-electron chi connectivity index (χ1n) is 11.3. The molecule has 5 rings (SSSR count). The molecule has 4 aromatic rings. The molecule has 1 aliphatic rings. The number of ether oxygens (including phenoxy) is 2. The number of carbonyl (C=O) groups is 1. The van der Waals surface area contributed by atoms with Crippen molar-refractivity contribution in [2.45, 2.75) is 12.5 Å². The number of nitrogens with zero attached hydrogens (tertiary/aromatic N) is 2. The minimum Gasteiger partial charge on any atom is -0.497 e. The number of hydrogen-bond acceptors (Lipinski definition) is 5. The first-order chi connectivity index (χ1) is 17.1. The standard InChI is InChI=1S/C28H25N3O4/c1-34-17-25(32)31-24(19-11-8-12-20(15-19)35-2)16-23(30-31)27-26(18-9-4-3-5-10-18)21-13-6-7-14-22(21)29-28(27)33/h3-15,24H,16-17H2,1-2H3,(H,29,33)/t24-/m0/s1. The highest BCUT2D eigenvalue weighted by Crippen LogP contribution is 2.37. The van der Waals surface area contributed by atoms with Crippen molar-refractivity contribution in [3.8, 4) is 16.9 Å². The number of hydrogen-bond donors (Lipinski definition) is 1. The van der Waals surface area contributed by atoms with E-state index in [-0.39, 0.29) is 18.1 Å². The van der Waals surface area contributed by atoms with Crippen LogP contribution in [0.15, 0.2) is 88.8 Å². The maximum absolute atomic E-state index is 13.5. The summed E-state index contributed by atoms with van der Waals surface area (Å²) >= 11 is 0. The molecule has 0 spiro atoms. The van der Waals surface area contributed by atoms with Crippen molar-refractivity contribution in [3.05, 3.63) is 100 Å². The van der Waals surface area contributed by atoms with Crippen molar-refractivity contribution < 1.29 is 14.3 Å². The van der Waals surface area contributed by atoms with E-state index >= 15 is 0 Å². The quantitative estimate of drug-likeness (QED) is 0.452. The van der Waals surface area contributed by atoms with Gasteiger partial charge in [0.2, 0.25) is 0 Å². The van der Waals surface area contributed by atoms with Gasteiger partial charge < -0.3 is 14.5 Å². The normalized spacial score (nSPS) is 15.3. The fourth-order valence-electron chi connectivity index (χ4n) is 4.61. The van der Waals surface area contributed by atoms with Gasteiger partial charge in [-0.05, 0) is 29.3 Å². The molecule has 7 nitrogen and oxygen atoms in total. The number of pyridine rings is 1. The third-order valence-electron chi connectivity index (χ3n) is 6.18. The van der Waals surface area contributed by atoms with Gasteiger partial charge in [-0.3, -0.25) is 9.59 Å².